The van der Waals surface area contributed by atoms with Crippen LogP contribution in [0.4, 0.5) is 0 Å². The Bertz CT molecular complexity index is 1120. The van der Waals surface area contributed by atoms with Crippen LogP contribution >= 0.6 is 11.8 Å². The van der Waals surface area contributed by atoms with Crippen molar-refractivity contribution >= 4 is 28.6 Å². The summed E-state index contributed by atoms with van der Waals surface area (Å²) in [5.41, 5.74) is 4.40. The van der Waals surface area contributed by atoms with E-state index < -0.39 is 0 Å². The smallest absolute Gasteiger partial charge is 0.236 e. The van der Waals surface area contributed by atoms with Crippen LogP contribution in [0.15, 0.2) is 96.0 Å². The van der Waals surface area contributed by atoms with Crippen LogP contribution in [-0.4, -0.2) is 21.0 Å². The van der Waals surface area contributed by atoms with Gasteiger partial charge < -0.3 is 4.90 Å². The second-order valence-corrected chi connectivity index (χ2v) is 9.08. The molecule has 0 N–H and O–H groups in total. The van der Waals surface area contributed by atoms with E-state index in [1.165, 1.54) is 17.3 Å². The van der Waals surface area contributed by atoms with E-state index in [2.05, 4.69) is 43.3 Å². The number of fused-ring (bicyclic) bond motifs is 1. The summed E-state index contributed by atoms with van der Waals surface area (Å²) in [4.78, 5) is 20.2. The molecule has 3 aromatic carbocycles. The minimum Gasteiger partial charge on any atom is -0.333 e. The van der Waals surface area contributed by atoms with Gasteiger partial charge in [0, 0.05) is 18.5 Å². The summed E-state index contributed by atoms with van der Waals surface area (Å²) in [6, 6.07) is 30.5. The molecule has 31 heavy (non-hydrogen) atoms. The van der Waals surface area contributed by atoms with Gasteiger partial charge in [-0.2, -0.15) is 0 Å². The van der Waals surface area contributed by atoms with E-state index >= 15 is 0 Å². The van der Waals surface area contributed by atoms with Crippen LogP contribution in [0, 0.1) is 6.92 Å². The van der Waals surface area contributed by atoms with Crippen molar-refractivity contribution in [2.24, 2.45) is 0 Å². The van der Waals surface area contributed by atoms with Gasteiger partial charge in [-0.15, -0.1) is 0 Å². The molecule has 156 valence electrons. The predicted molar refractivity (Wildman–Crippen MR) is 129 cm³/mol. The van der Waals surface area contributed by atoms with E-state index in [0.29, 0.717) is 13.1 Å². The van der Waals surface area contributed by atoms with Crippen LogP contribution in [0.3, 0.4) is 0 Å². The minimum absolute atomic E-state index is 0.116. The predicted octanol–water partition coefficient (Wildman–Crippen LogP) is 6.25. The Morgan fingerprint density at radius 3 is 2.03 bits per heavy atom. The van der Waals surface area contributed by atoms with Crippen molar-refractivity contribution < 1.29 is 4.79 Å². The fourth-order valence-electron chi connectivity index (χ4n) is 3.69. The molecule has 0 spiro atoms. The zero-order valence-corrected chi connectivity index (χ0v) is 18.7. The van der Waals surface area contributed by atoms with E-state index in [-0.39, 0.29) is 11.2 Å². The molecule has 0 aliphatic carbocycles. The van der Waals surface area contributed by atoms with Crippen molar-refractivity contribution in [1.82, 2.24) is 9.88 Å². The lowest BCUT2D eigenvalue weighted by Gasteiger charge is -2.26. The Kier molecular flexibility index (Phi) is 6.68. The summed E-state index contributed by atoms with van der Waals surface area (Å²) < 4.78 is 0. The zero-order valence-electron chi connectivity index (χ0n) is 17.9. The molecule has 0 radical (unpaired) electrons. The van der Waals surface area contributed by atoms with Gasteiger partial charge in [-0.05, 0) is 42.7 Å². The lowest BCUT2D eigenvalue weighted by atomic mass is 10.1. The Labute approximate surface area is 188 Å². The lowest BCUT2D eigenvalue weighted by Crippen LogP contribution is -2.35. The lowest BCUT2D eigenvalue weighted by molar-refractivity contribution is -0.131. The van der Waals surface area contributed by atoms with Gasteiger partial charge in [0.2, 0.25) is 5.91 Å². The van der Waals surface area contributed by atoms with Crippen LogP contribution < -0.4 is 0 Å². The highest BCUT2D eigenvalue weighted by Gasteiger charge is 2.23. The van der Waals surface area contributed by atoms with E-state index in [1.54, 1.807) is 0 Å². The number of amides is 1. The fourth-order valence-corrected chi connectivity index (χ4v) is 4.69. The summed E-state index contributed by atoms with van der Waals surface area (Å²) in [6.45, 7) is 5.24. The molecule has 0 bridgehead atoms. The molecule has 1 aromatic heterocycles. The SMILES string of the molecule is Cc1cc(S[C@@H](C)C(=O)N(Cc2ccccc2)Cc2ccccc2)nc2ccccc12. The maximum absolute atomic E-state index is 13.5. The third-order valence-corrected chi connectivity index (χ3v) is 6.29. The van der Waals surface area contributed by atoms with Crippen molar-refractivity contribution in [3.63, 3.8) is 0 Å². The highest BCUT2D eigenvalue weighted by Crippen LogP contribution is 2.28. The van der Waals surface area contributed by atoms with Gasteiger partial charge in [0.05, 0.1) is 15.8 Å². The summed E-state index contributed by atoms with van der Waals surface area (Å²) in [6.07, 6.45) is 0. The van der Waals surface area contributed by atoms with Crippen LogP contribution in [0.2, 0.25) is 0 Å². The Morgan fingerprint density at radius 1 is 0.871 bits per heavy atom. The molecule has 1 heterocycles. The molecular formula is C27H26N2OS. The number of hydrogen-bond acceptors (Lipinski definition) is 3. The second-order valence-electron chi connectivity index (χ2n) is 7.72. The molecular weight excluding hydrogens is 400 g/mol. The topological polar surface area (TPSA) is 33.2 Å². The van der Waals surface area contributed by atoms with Gasteiger partial charge in [-0.1, -0.05) is 90.6 Å². The Balaban J connectivity index is 1.55. The number of pyridine rings is 1. The highest BCUT2D eigenvalue weighted by atomic mass is 32.2. The van der Waals surface area contributed by atoms with E-state index in [4.69, 9.17) is 4.98 Å². The van der Waals surface area contributed by atoms with Crippen LogP contribution in [0.5, 0.6) is 0 Å². The highest BCUT2D eigenvalue weighted by molar-refractivity contribution is 8.00. The first-order valence-corrected chi connectivity index (χ1v) is 11.4. The van der Waals surface area contributed by atoms with Gasteiger partial charge in [0.15, 0.2) is 0 Å². The molecule has 4 heteroatoms. The summed E-state index contributed by atoms with van der Waals surface area (Å²) >= 11 is 1.53. The molecule has 0 aliphatic rings. The molecule has 0 aliphatic heterocycles. The third kappa shape index (κ3) is 5.33. The number of aryl methyl sites for hydroxylation is 1. The van der Waals surface area contributed by atoms with Gasteiger partial charge in [-0.3, -0.25) is 4.79 Å². The first-order valence-electron chi connectivity index (χ1n) is 10.5. The second kappa shape index (κ2) is 9.80. The van der Waals surface area contributed by atoms with Crippen LogP contribution in [0.25, 0.3) is 10.9 Å². The molecule has 1 atom stereocenters. The average Bonchev–Trinajstić information content (AvgIpc) is 2.79. The number of benzene rings is 3. The van der Waals surface area contributed by atoms with Gasteiger partial charge in [0.1, 0.15) is 0 Å². The number of thioether (sulfide) groups is 1. The molecule has 4 rings (SSSR count). The van der Waals surface area contributed by atoms with Crippen LogP contribution in [-0.2, 0) is 17.9 Å². The molecule has 3 nitrogen and oxygen atoms in total. The quantitative estimate of drug-likeness (QED) is 0.327. The van der Waals surface area contributed by atoms with Crippen molar-refractivity contribution in [2.75, 3.05) is 0 Å². The standard InChI is InChI=1S/C27H26N2OS/c1-20-17-26(28-25-16-10-9-15-24(20)25)31-21(2)27(30)29(18-22-11-5-3-6-12-22)19-23-13-7-4-8-14-23/h3-17,21H,18-19H2,1-2H3/t21-/m0/s1. The van der Waals surface area contributed by atoms with E-state index in [0.717, 1.165) is 27.1 Å². The van der Waals surface area contributed by atoms with E-state index in [1.807, 2.05) is 66.4 Å². The monoisotopic (exact) mass is 426 g/mol. The largest absolute Gasteiger partial charge is 0.333 e. The van der Waals surface area contributed by atoms with Gasteiger partial charge >= 0.3 is 0 Å². The van der Waals surface area contributed by atoms with Gasteiger partial charge in [-0.25, -0.2) is 4.98 Å². The van der Waals surface area contributed by atoms with Crippen molar-refractivity contribution in [1.29, 1.82) is 0 Å². The zero-order chi connectivity index (χ0) is 21.6. The van der Waals surface area contributed by atoms with E-state index in [9.17, 15) is 4.79 Å². The molecule has 0 unspecified atom stereocenters. The first-order chi connectivity index (χ1) is 15.1. The van der Waals surface area contributed by atoms with Crippen molar-refractivity contribution in [3.05, 3.63) is 108 Å². The number of hydrogen-bond donors (Lipinski definition) is 0. The summed E-state index contributed by atoms with van der Waals surface area (Å²) in [7, 11) is 0. The van der Waals surface area contributed by atoms with Crippen molar-refractivity contribution in [2.45, 2.75) is 37.2 Å². The first kappa shape index (κ1) is 21.1. The minimum atomic E-state index is -0.236. The molecule has 4 aromatic rings. The molecule has 0 fully saturated rings. The molecule has 1 amide bonds. The average molecular weight is 427 g/mol. The Hall–Kier alpha value is -3.11. The normalized spacial score (nSPS) is 11.9. The maximum atomic E-state index is 13.5. The summed E-state index contributed by atoms with van der Waals surface area (Å²) in [5.74, 6) is 0.116. The number of carbonyl (C=O) groups is 1. The van der Waals surface area contributed by atoms with Gasteiger partial charge in [0.25, 0.3) is 0 Å². The molecule has 0 saturated heterocycles. The van der Waals surface area contributed by atoms with Crippen molar-refractivity contribution in [3.8, 4) is 0 Å². The number of carbonyl (C=O) groups excluding carboxylic acids is 1. The third-order valence-electron chi connectivity index (χ3n) is 5.29. The fraction of sp³-hybridized carbons (Fsp3) is 0.185. The number of para-hydroxylation sites is 1. The van der Waals surface area contributed by atoms with Crippen LogP contribution in [0.1, 0.15) is 23.6 Å². The number of aromatic nitrogens is 1. The number of nitrogens with zero attached hydrogens (tertiary/aromatic N) is 2. The molecule has 0 saturated carbocycles. The summed E-state index contributed by atoms with van der Waals surface area (Å²) in [5, 5.41) is 1.80. The Morgan fingerprint density at radius 2 is 1.42 bits per heavy atom. The maximum Gasteiger partial charge on any atom is 0.236 e. The number of rotatable bonds is 7.